The highest BCUT2D eigenvalue weighted by Gasteiger charge is 2.56. The summed E-state index contributed by atoms with van der Waals surface area (Å²) < 4.78 is 15.4. The fraction of sp³-hybridized carbons (Fsp3) is 0.500. The summed E-state index contributed by atoms with van der Waals surface area (Å²) in [7, 11) is 1.87. The van der Waals surface area contributed by atoms with Gasteiger partial charge in [0.15, 0.2) is 5.82 Å². The monoisotopic (exact) mass is 438 g/mol. The normalized spacial score (nSPS) is 29.3. The Morgan fingerprint density at radius 2 is 2.03 bits per heavy atom. The lowest BCUT2D eigenvalue weighted by Gasteiger charge is -2.47. The topological polar surface area (TPSA) is 105 Å². The summed E-state index contributed by atoms with van der Waals surface area (Å²) >= 11 is 0. The maximum absolute atomic E-state index is 15.4. The van der Waals surface area contributed by atoms with Gasteiger partial charge in [-0.2, -0.15) is 0 Å². The number of anilines is 1. The zero-order valence-corrected chi connectivity index (χ0v) is 18.6. The number of benzene rings is 1. The molecule has 4 heterocycles. The van der Waals surface area contributed by atoms with Gasteiger partial charge in [-0.3, -0.25) is 4.98 Å². The van der Waals surface area contributed by atoms with E-state index in [2.05, 4.69) is 37.6 Å². The van der Waals surface area contributed by atoms with Gasteiger partial charge in [0, 0.05) is 29.8 Å². The number of piperidine rings is 1. The highest BCUT2D eigenvalue weighted by atomic mass is 19.1. The van der Waals surface area contributed by atoms with Crippen molar-refractivity contribution >= 4 is 5.82 Å². The summed E-state index contributed by atoms with van der Waals surface area (Å²) in [5, 5.41) is 25.9. The molecule has 3 aromatic rings. The Hall–Kier alpha value is -3.14. The van der Waals surface area contributed by atoms with E-state index in [-0.39, 0.29) is 17.3 Å². The number of fused-ring (bicyclic) bond motifs is 2. The quantitative estimate of drug-likeness (QED) is 0.641. The Balaban J connectivity index is 1.37. The molecular weight excluding hydrogens is 411 g/mol. The van der Waals surface area contributed by atoms with E-state index in [0.717, 1.165) is 12.8 Å². The van der Waals surface area contributed by atoms with Gasteiger partial charge < -0.3 is 15.3 Å². The molecule has 2 saturated heterocycles. The fourth-order valence-corrected chi connectivity index (χ4v) is 5.10. The van der Waals surface area contributed by atoms with Crippen molar-refractivity contribution in [1.82, 2.24) is 35.5 Å². The predicted octanol–water partition coefficient (Wildman–Crippen LogP) is 2.58. The van der Waals surface area contributed by atoms with Crippen LogP contribution in [0.15, 0.2) is 30.6 Å². The number of halogens is 1. The van der Waals surface area contributed by atoms with Crippen molar-refractivity contribution in [2.24, 2.45) is 0 Å². The number of tetrazole rings is 1. The number of nitrogens with one attached hydrogen (secondary N) is 1. The first kappa shape index (κ1) is 20.7. The third kappa shape index (κ3) is 3.38. The van der Waals surface area contributed by atoms with Gasteiger partial charge in [0.2, 0.25) is 0 Å². The Kier molecular flexibility index (Phi) is 4.66. The Bertz CT molecular complexity index is 1150. The van der Waals surface area contributed by atoms with E-state index in [0.29, 0.717) is 35.0 Å². The summed E-state index contributed by atoms with van der Waals surface area (Å²) in [6.45, 7) is 5.88. The Morgan fingerprint density at radius 3 is 2.69 bits per heavy atom. The van der Waals surface area contributed by atoms with E-state index < -0.39 is 11.7 Å². The molecule has 0 unspecified atom stereocenters. The molecule has 2 fully saturated rings. The first-order valence-electron chi connectivity index (χ1n) is 10.8. The van der Waals surface area contributed by atoms with Gasteiger partial charge in [0.1, 0.15) is 17.7 Å². The minimum atomic E-state index is -1.00. The molecule has 2 aliphatic heterocycles. The van der Waals surface area contributed by atoms with Crippen LogP contribution in [0.4, 0.5) is 10.2 Å². The minimum Gasteiger partial charge on any atom is -0.507 e. The molecule has 2 aliphatic rings. The number of phenolic OH excluding ortho intramolecular Hbond substituents is 1. The van der Waals surface area contributed by atoms with E-state index in [1.807, 2.05) is 18.9 Å². The van der Waals surface area contributed by atoms with Crippen molar-refractivity contribution in [3.05, 3.63) is 36.4 Å². The van der Waals surface area contributed by atoms with Crippen LogP contribution < -0.4 is 10.2 Å². The molecule has 10 heteroatoms. The molecule has 5 rings (SSSR count). The van der Waals surface area contributed by atoms with Gasteiger partial charge in [-0.05, 0) is 57.4 Å². The van der Waals surface area contributed by atoms with Crippen molar-refractivity contribution in [3.8, 4) is 22.7 Å². The molecule has 0 saturated carbocycles. The van der Waals surface area contributed by atoms with Crippen molar-refractivity contribution in [1.29, 1.82) is 0 Å². The van der Waals surface area contributed by atoms with Crippen molar-refractivity contribution < 1.29 is 9.50 Å². The molecule has 0 radical (unpaired) electrons. The van der Waals surface area contributed by atoms with Crippen LogP contribution in [0.1, 0.15) is 38.9 Å². The number of aromatic nitrogens is 6. The Morgan fingerprint density at radius 1 is 1.22 bits per heavy atom. The molecule has 2 N–H and O–H groups in total. The molecule has 9 nitrogen and oxygen atoms in total. The minimum absolute atomic E-state index is 0.0347. The predicted molar refractivity (Wildman–Crippen MR) is 117 cm³/mol. The smallest absolute Gasteiger partial charge is 0.172 e. The van der Waals surface area contributed by atoms with E-state index in [9.17, 15) is 5.11 Å². The fourth-order valence-electron chi connectivity index (χ4n) is 5.10. The van der Waals surface area contributed by atoms with E-state index in [1.54, 1.807) is 37.5 Å². The van der Waals surface area contributed by atoms with E-state index in [4.69, 9.17) is 0 Å². The lowest BCUT2D eigenvalue weighted by molar-refractivity contribution is 0.0859. The summed E-state index contributed by atoms with van der Waals surface area (Å²) in [4.78, 5) is 12.3. The number of rotatable bonds is 4. The largest absolute Gasteiger partial charge is 0.507 e. The number of nitrogens with zero attached hydrogens (tertiary/aromatic N) is 7. The van der Waals surface area contributed by atoms with Crippen LogP contribution in [0.2, 0.25) is 0 Å². The first-order valence-corrected chi connectivity index (χ1v) is 10.8. The van der Waals surface area contributed by atoms with Gasteiger partial charge in [-0.15, -0.1) is 15.0 Å². The summed E-state index contributed by atoms with van der Waals surface area (Å²) in [6, 6.07) is 4.79. The third-order valence-electron chi connectivity index (χ3n) is 6.89. The maximum atomic E-state index is 15.4. The number of phenols is 1. The molecule has 4 atom stereocenters. The second-order valence-electron chi connectivity index (χ2n) is 9.47. The van der Waals surface area contributed by atoms with Crippen LogP contribution in [0.3, 0.4) is 0 Å². The number of alkyl halides is 1. The highest BCUT2D eigenvalue weighted by Crippen LogP contribution is 2.45. The molecule has 0 spiro atoms. The maximum Gasteiger partial charge on any atom is 0.172 e. The standard InChI is InChI=1S/C22H27FN8O/c1-13-26-29-31(27-13)14-5-6-15(18(32)9-14)16-11-25-19(12-24-16)30(4)17-10-21(2)7-8-22(3,28-21)20(17)23/h5-6,9,11-12,17,20,28,32H,7-8,10H2,1-4H3/t17-,20+,21-,22+/m1/s1. The number of hydrogen-bond acceptors (Lipinski definition) is 8. The van der Waals surface area contributed by atoms with Crippen LogP contribution in [0.25, 0.3) is 16.9 Å². The molecule has 32 heavy (non-hydrogen) atoms. The molecule has 0 aliphatic carbocycles. The number of aryl methyl sites for hydroxylation is 1. The van der Waals surface area contributed by atoms with Gasteiger partial charge in [-0.25, -0.2) is 9.37 Å². The van der Waals surface area contributed by atoms with Gasteiger partial charge in [0.25, 0.3) is 0 Å². The Labute approximate surface area is 185 Å². The van der Waals surface area contributed by atoms with Gasteiger partial charge in [0.05, 0.1) is 29.8 Å². The second kappa shape index (κ2) is 7.19. The van der Waals surface area contributed by atoms with Crippen molar-refractivity contribution in [3.63, 3.8) is 0 Å². The highest BCUT2D eigenvalue weighted by molar-refractivity contribution is 5.68. The molecule has 0 amide bonds. The van der Waals surface area contributed by atoms with Crippen LogP contribution >= 0.6 is 0 Å². The summed E-state index contributed by atoms with van der Waals surface area (Å²) in [6.07, 6.45) is 4.74. The number of aromatic hydroxyl groups is 1. The molecule has 1 aromatic carbocycles. The second-order valence-corrected chi connectivity index (χ2v) is 9.47. The van der Waals surface area contributed by atoms with Crippen LogP contribution in [0.5, 0.6) is 5.75 Å². The summed E-state index contributed by atoms with van der Waals surface area (Å²) in [5.74, 6) is 1.18. The number of hydrogen-bond donors (Lipinski definition) is 2. The van der Waals surface area contributed by atoms with Crippen molar-refractivity contribution in [2.75, 3.05) is 11.9 Å². The average molecular weight is 439 g/mol. The lowest BCUT2D eigenvalue weighted by atomic mass is 9.82. The molecular formula is C22H27FN8O. The third-order valence-corrected chi connectivity index (χ3v) is 6.89. The summed E-state index contributed by atoms with van der Waals surface area (Å²) in [5.41, 5.74) is 1.08. The zero-order valence-electron chi connectivity index (χ0n) is 18.6. The lowest BCUT2D eigenvalue weighted by Crippen LogP contribution is -2.65. The van der Waals surface area contributed by atoms with E-state index >= 15 is 4.39 Å². The molecule has 2 aromatic heterocycles. The van der Waals surface area contributed by atoms with Gasteiger partial charge in [-0.1, -0.05) is 0 Å². The van der Waals surface area contributed by atoms with Crippen LogP contribution in [-0.4, -0.2) is 65.6 Å². The van der Waals surface area contributed by atoms with Crippen LogP contribution in [-0.2, 0) is 0 Å². The average Bonchev–Trinajstić information content (AvgIpc) is 3.32. The molecule has 168 valence electrons. The zero-order chi connectivity index (χ0) is 22.7. The first-order chi connectivity index (χ1) is 15.2. The molecule has 2 bridgehead atoms. The van der Waals surface area contributed by atoms with Gasteiger partial charge >= 0.3 is 0 Å². The SMILES string of the molecule is Cc1nnn(-c2ccc(-c3cnc(N(C)[C@@H]4C[C@@]5(C)CC[C@](C)(N5)[C@H]4F)cn3)c(O)c2)n1. The van der Waals surface area contributed by atoms with Crippen LogP contribution in [0, 0.1) is 6.92 Å². The van der Waals surface area contributed by atoms with E-state index in [1.165, 1.54) is 4.80 Å². The van der Waals surface area contributed by atoms with Crippen molar-refractivity contribution in [2.45, 2.75) is 63.3 Å².